The molecule has 130 valence electrons. The van der Waals surface area contributed by atoms with Gasteiger partial charge >= 0.3 is 27.4 Å². The Morgan fingerprint density at radius 2 is 1.79 bits per heavy atom. The molecule has 0 saturated carbocycles. The lowest BCUT2D eigenvalue weighted by Gasteiger charge is -2.00. The van der Waals surface area contributed by atoms with E-state index < -0.39 is 22.0 Å². The number of hydrogen-bond donors (Lipinski definition) is 1. The zero-order valence-corrected chi connectivity index (χ0v) is 16.0. The minimum Gasteiger partial charge on any atom is -0.285 e. The maximum atomic E-state index is 11.0. The van der Waals surface area contributed by atoms with E-state index in [1.165, 1.54) is 23.8 Å². The second-order valence-electron chi connectivity index (χ2n) is 4.97. The highest BCUT2D eigenvalue weighted by molar-refractivity contribution is 7.85. The van der Waals surface area contributed by atoms with Gasteiger partial charge in [0.05, 0.1) is 10.6 Å². The molecule has 0 bridgehead atoms. The van der Waals surface area contributed by atoms with Gasteiger partial charge < -0.3 is 0 Å². The third-order valence-electron chi connectivity index (χ3n) is 2.97. The normalized spacial score (nSPS) is 12.9. The van der Waals surface area contributed by atoms with Crippen LogP contribution in [0.5, 0.6) is 0 Å². The number of aryl methyl sites for hydroxylation is 1. The highest BCUT2D eigenvalue weighted by atomic mass is 127. The lowest BCUT2D eigenvalue weighted by molar-refractivity contribution is -0.590. The second kappa shape index (κ2) is 7.19. The van der Waals surface area contributed by atoms with Crippen molar-refractivity contribution in [1.82, 2.24) is 0 Å². The Kier molecular flexibility index (Phi) is 5.83. The van der Waals surface area contributed by atoms with Crippen LogP contribution in [0.25, 0.3) is 11.1 Å². The van der Waals surface area contributed by atoms with E-state index in [9.17, 15) is 21.6 Å². The van der Waals surface area contributed by atoms with Crippen molar-refractivity contribution in [2.75, 3.05) is 5.75 Å². The van der Waals surface area contributed by atoms with E-state index in [2.05, 4.69) is 37.3 Å². The molecule has 1 aliphatic heterocycles. The van der Waals surface area contributed by atoms with Gasteiger partial charge in [-0.2, -0.15) is 21.6 Å². The van der Waals surface area contributed by atoms with Crippen LogP contribution < -0.4 is 21.2 Å². The van der Waals surface area contributed by atoms with Crippen molar-refractivity contribution in [3.63, 3.8) is 0 Å². The molecule has 9 heteroatoms. The summed E-state index contributed by atoms with van der Waals surface area (Å²) >= 11 is 6.27. The van der Waals surface area contributed by atoms with Crippen LogP contribution in [0, 0.1) is 14.1 Å². The fraction of sp³-hybridized carbons (Fsp3) is 0.200. The predicted molar refractivity (Wildman–Crippen MR) is 81.5 cm³/mol. The van der Waals surface area contributed by atoms with Crippen molar-refractivity contribution in [1.29, 1.82) is 0 Å². The summed E-state index contributed by atoms with van der Waals surface area (Å²) < 4.78 is 62.6. The van der Waals surface area contributed by atoms with Gasteiger partial charge in [-0.05, 0) is 25.1 Å². The quantitative estimate of drug-likeness (QED) is 0.411. The SMILES string of the molecule is Cc1ccc(Cl)c2c1[I+]c1ccccc1-2.O=S(=O)(O)CC(F)(F)F. The van der Waals surface area contributed by atoms with E-state index in [0.29, 0.717) is 0 Å². The summed E-state index contributed by atoms with van der Waals surface area (Å²) in [4.78, 5) is 0. The van der Waals surface area contributed by atoms with Gasteiger partial charge in [0, 0.05) is 11.1 Å². The van der Waals surface area contributed by atoms with E-state index in [0.717, 1.165) is 5.02 Å². The fourth-order valence-corrected chi connectivity index (χ4v) is 6.08. The molecule has 0 aliphatic carbocycles. The molecule has 0 unspecified atom stereocenters. The lowest BCUT2D eigenvalue weighted by atomic mass is 10.0. The van der Waals surface area contributed by atoms with E-state index >= 15 is 0 Å². The van der Waals surface area contributed by atoms with E-state index in [-0.39, 0.29) is 21.2 Å². The highest BCUT2D eigenvalue weighted by Crippen LogP contribution is 2.31. The number of fused-ring (bicyclic) bond motifs is 3. The molecule has 0 fully saturated rings. The number of halogens is 5. The number of rotatable bonds is 1. The summed E-state index contributed by atoms with van der Waals surface area (Å²) in [5.74, 6) is -2.18. The van der Waals surface area contributed by atoms with Gasteiger partial charge in [0.25, 0.3) is 10.1 Å². The molecule has 3 rings (SSSR count). The van der Waals surface area contributed by atoms with Crippen molar-refractivity contribution in [3.8, 4) is 11.1 Å². The van der Waals surface area contributed by atoms with Crippen molar-refractivity contribution >= 4 is 21.7 Å². The van der Waals surface area contributed by atoms with Gasteiger partial charge in [0.2, 0.25) is 7.14 Å². The Hall–Kier alpha value is -0.840. The maximum absolute atomic E-state index is 11.0. The molecule has 0 saturated heterocycles. The molecule has 0 spiro atoms. The van der Waals surface area contributed by atoms with Crippen LogP contribution >= 0.6 is 11.6 Å². The summed E-state index contributed by atoms with van der Waals surface area (Å²) in [6, 6.07) is 12.8. The Morgan fingerprint density at radius 3 is 2.33 bits per heavy atom. The molecular formula is C15H12ClF3IO3S+. The Labute approximate surface area is 152 Å². The van der Waals surface area contributed by atoms with Crippen LogP contribution in [0.1, 0.15) is 5.56 Å². The predicted octanol–water partition coefficient (Wildman–Crippen LogP) is 1.19. The Bertz CT molecular complexity index is 867. The first-order valence-corrected chi connectivity index (χ1v) is 10.7. The molecular weight excluding hydrogens is 480 g/mol. The van der Waals surface area contributed by atoms with E-state index in [4.69, 9.17) is 16.2 Å². The third kappa shape index (κ3) is 5.08. The fourth-order valence-electron chi connectivity index (χ4n) is 2.08. The Balaban J connectivity index is 0.000000202. The molecule has 1 aliphatic rings. The van der Waals surface area contributed by atoms with Gasteiger partial charge in [0.1, 0.15) is 0 Å². The topological polar surface area (TPSA) is 54.4 Å². The molecule has 1 N–H and O–H groups in total. The molecule has 0 atom stereocenters. The zero-order valence-electron chi connectivity index (χ0n) is 12.2. The van der Waals surface area contributed by atoms with Gasteiger partial charge in [-0.3, -0.25) is 4.55 Å². The zero-order chi connectivity index (χ0) is 18.1. The van der Waals surface area contributed by atoms with Gasteiger partial charge in [-0.15, -0.1) is 0 Å². The Morgan fingerprint density at radius 1 is 1.17 bits per heavy atom. The van der Waals surface area contributed by atoms with Crippen LogP contribution in [0.4, 0.5) is 13.2 Å². The summed E-state index contributed by atoms with van der Waals surface area (Å²) in [5, 5.41) is 0.903. The summed E-state index contributed by atoms with van der Waals surface area (Å²) in [7, 11) is -4.91. The smallest absolute Gasteiger partial charge is 0.285 e. The average Bonchev–Trinajstić information content (AvgIpc) is 2.80. The molecule has 0 aromatic heterocycles. The molecule has 1 heterocycles. The molecule has 0 amide bonds. The molecule has 2 aromatic rings. The van der Waals surface area contributed by atoms with Gasteiger partial charge in [0.15, 0.2) is 5.75 Å². The molecule has 2 aromatic carbocycles. The monoisotopic (exact) mass is 491 g/mol. The van der Waals surface area contributed by atoms with Crippen molar-refractivity contribution in [2.45, 2.75) is 13.1 Å². The van der Waals surface area contributed by atoms with Crippen LogP contribution in [0.2, 0.25) is 5.02 Å². The standard InChI is InChI=1S/C13H9ClI.C2H3F3O3S/c1-8-6-7-10(14)12-9-4-2-3-5-11(9)15-13(8)12;3-2(4,5)1-9(6,7)8/h2-7H,1H3;1H2,(H,6,7,8)/q+1;. The van der Waals surface area contributed by atoms with Crippen LogP contribution in [-0.4, -0.2) is 24.9 Å². The van der Waals surface area contributed by atoms with Crippen LogP contribution in [0.3, 0.4) is 0 Å². The van der Waals surface area contributed by atoms with Crippen molar-refractivity contribution in [3.05, 3.63) is 54.1 Å². The first-order valence-electron chi connectivity index (χ1n) is 6.53. The van der Waals surface area contributed by atoms with E-state index in [1.54, 1.807) is 0 Å². The maximum Gasteiger partial charge on any atom is 0.405 e. The first-order chi connectivity index (χ1) is 11.0. The number of alkyl halides is 3. The number of benzene rings is 2. The first kappa shape index (κ1) is 19.5. The van der Waals surface area contributed by atoms with Gasteiger partial charge in [-0.25, -0.2) is 0 Å². The van der Waals surface area contributed by atoms with Crippen LogP contribution in [-0.2, 0) is 10.1 Å². The summed E-state index contributed by atoms with van der Waals surface area (Å²) in [5.41, 5.74) is 4.03. The summed E-state index contributed by atoms with van der Waals surface area (Å²) in [6.07, 6.45) is -4.85. The second-order valence-corrected chi connectivity index (χ2v) is 9.61. The largest absolute Gasteiger partial charge is 0.405 e. The van der Waals surface area contributed by atoms with Crippen molar-refractivity contribution < 1.29 is 47.3 Å². The molecule has 0 radical (unpaired) electrons. The minimum absolute atomic E-state index is 0.0202. The van der Waals surface area contributed by atoms with Gasteiger partial charge in [-0.1, -0.05) is 29.8 Å². The molecule has 3 nitrogen and oxygen atoms in total. The highest BCUT2D eigenvalue weighted by Gasteiger charge is 2.36. The number of hydrogen-bond acceptors (Lipinski definition) is 2. The minimum atomic E-state index is -4.91. The lowest BCUT2D eigenvalue weighted by Crippen LogP contribution is -3.61. The third-order valence-corrected chi connectivity index (χ3v) is 7.43. The average molecular weight is 492 g/mol. The van der Waals surface area contributed by atoms with Crippen LogP contribution in [0.15, 0.2) is 36.4 Å². The van der Waals surface area contributed by atoms with Crippen molar-refractivity contribution in [2.24, 2.45) is 0 Å². The summed E-state index contributed by atoms with van der Waals surface area (Å²) in [6.45, 7) is 2.18. The molecule has 24 heavy (non-hydrogen) atoms. The van der Waals surface area contributed by atoms with E-state index in [1.807, 2.05) is 6.07 Å².